The van der Waals surface area contributed by atoms with Crippen LogP contribution in [0.25, 0.3) is 0 Å². The Labute approximate surface area is 311 Å². The summed E-state index contributed by atoms with van der Waals surface area (Å²) in [4.78, 5) is 91.2. The molecule has 53 heavy (non-hydrogen) atoms. The van der Waals surface area contributed by atoms with E-state index in [9.17, 15) is 43.1 Å². The second-order valence-corrected chi connectivity index (χ2v) is 15.2. The van der Waals surface area contributed by atoms with E-state index in [0.717, 1.165) is 17.1 Å². The van der Waals surface area contributed by atoms with Gasteiger partial charge in [0.05, 0.1) is 12.1 Å². The standard InChI is InChI=1S/C38H55FN6O8/c1-22(2)27(20-23(3)33(49)42-26(36(52)53)14-15-28(46)41-18-19-45-29(47)16-17-30(45)48)44(10)35(51)32(37(4,5)6)43-34(50)31(40-9)38(7,8)24-12-11-13-25(39)21-24/h11-13,16-17,20-22,26-27,31-32,40H,14-15,18-19H2,1-10H3,(H,41,46)(H,42,49)(H,43,50)(H,52,53)/b23-20+/t26-,27-,31-,32?/m1/s1. The Hall–Kier alpha value is -4.92. The molecule has 0 bridgehead atoms. The SMILES string of the molecule is CN[C@H](C(=O)NC(C(=O)N(C)[C@H](/C=C(\C)C(=O)N[C@H](CCC(=O)NCCN1C(=O)C=CC1=O)C(=O)O)C(C)C)C(C)(C)C)C(C)(C)c1cccc(F)c1. The number of likely N-dealkylation sites (N-methyl/N-ethyl adjacent to an activating group) is 2. The fourth-order valence-corrected chi connectivity index (χ4v) is 6.04. The van der Waals surface area contributed by atoms with Gasteiger partial charge in [-0.25, -0.2) is 9.18 Å². The normalized spacial score (nSPS) is 15.8. The van der Waals surface area contributed by atoms with Crippen LogP contribution in [-0.2, 0) is 39.0 Å². The van der Waals surface area contributed by atoms with E-state index in [0.29, 0.717) is 5.56 Å². The molecule has 0 aliphatic carbocycles. The van der Waals surface area contributed by atoms with Gasteiger partial charge in [-0.1, -0.05) is 66.7 Å². The molecule has 1 heterocycles. The molecule has 0 radical (unpaired) electrons. The van der Waals surface area contributed by atoms with Crippen molar-refractivity contribution in [3.63, 3.8) is 0 Å². The maximum absolute atomic E-state index is 14.2. The van der Waals surface area contributed by atoms with Crippen LogP contribution in [0.1, 0.15) is 73.8 Å². The van der Waals surface area contributed by atoms with Crippen molar-refractivity contribution in [3.05, 3.63) is 59.4 Å². The van der Waals surface area contributed by atoms with Gasteiger partial charge >= 0.3 is 5.97 Å². The van der Waals surface area contributed by atoms with Crippen LogP contribution in [0.3, 0.4) is 0 Å². The van der Waals surface area contributed by atoms with Gasteiger partial charge in [-0.15, -0.1) is 0 Å². The van der Waals surface area contributed by atoms with Gasteiger partial charge in [-0.05, 0) is 49.4 Å². The van der Waals surface area contributed by atoms with Crippen molar-refractivity contribution in [2.45, 2.75) is 97.8 Å². The van der Waals surface area contributed by atoms with Gasteiger partial charge in [-0.2, -0.15) is 0 Å². The van der Waals surface area contributed by atoms with E-state index < -0.39 is 82.2 Å². The minimum Gasteiger partial charge on any atom is -0.480 e. The van der Waals surface area contributed by atoms with Crippen LogP contribution in [0.15, 0.2) is 48.1 Å². The largest absolute Gasteiger partial charge is 0.480 e. The summed E-state index contributed by atoms with van der Waals surface area (Å²) in [5.41, 5.74) is -0.881. The Morgan fingerprint density at radius 2 is 1.58 bits per heavy atom. The molecule has 292 valence electrons. The lowest BCUT2D eigenvalue weighted by atomic mass is 9.76. The van der Waals surface area contributed by atoms with Gasteiger partial charge in [-0.3, -0.25) is 33.7 Å². The second kappa shape index (κ2) is 18.7. The summed E-state index contributed by atoms with van der Waals surface area (Å²) < 4.78 is 14.1. The molecule has 14 nitrogen and oxygen atoms in total. The zero-order valence-corrected chi connectivity index (χ0v) is 32.3. The number of carbonyl (C=O) groups excluding carboxylic acids is 6. The first kappa shape index (κ1) is 44.2. The predicted octanol–water partition coefficient (Wildman–Crippen LogP) is 2.04. The minimum atomic E-state index is -1.41. The Kier molecular flexibility index (Phi) is 15.6. The van der Waals surface area contributed by atoms with Gasteiger partial charge < -0.3 is 31.3 Å². The van der Waals surface area contributed by atoms with Gasteiger partial charge in [0.1, 0.15) is 17.9 Å². The van der Waals surface area contributed by atoms with E-state index in [4.69, 9.17) is 0 Å². The fraction of sp³-hybridized carbons (Fsp3) is 0.553. The molecule has 2 rings (SSSR count). The van der Waals surface area contributed by atoms with Crippen molar-refractivity contribution in [2.24, 2.45) is 11.3 Å². The van der Waals surface area contributed by atoms with Crippen LogP contribution < -0.4 is 21.3 Å². The number of hydrogen-bond donors (Lipinski definition) is 5. The number of nitrogens with zero attached hydrogens (tertiary/aromatic N) is 2. The molecule has 1 aromatic rings. The van der Waals surface area contributed by atoms with Crippen molar-refractivity contribution in [1.82, 2.24) is 31.1 Å². The summed E-state index contributed by atoms with van der Waals surface area (Å²) >= 11 is 0. The predicted molar refractivity (Wildman–Crippen MR) is 196 cm³/mol. The van der Waals surface area contributed by atoms with Crippen molar-refractivity contribution in [1.29, 1.82) is 0 Å². The highest BCUT2D eigenvalue weighted by molar-refractivity contribution is 6.12. The highest BCUT2D eigenvalue weighted by Gasteiger charge is 2.42. The van der Waals surface area contributed by atoms with E-state index >= 15 is 0 Å². The van der Waals surface area contributed by atoms with Crippen LogP contribution >= 0.6 is 0 Å². The minimum absolute atomic E-state index is 0.0184. The number of aliphatic carboxylic acids is 1. The van der Waals surface area contributed by atoms with Gasteiger partial charge in [0.15, 0.2) is 0 Å². The van der Waals surface area contributed by atoms with Crippen molar-refractivity contribution in [2.75, 3.05) is 27.2 Å². The average molecular weight is 743 g/mol. The lowest BCUT2D eigenvalue weighted by Crippen LogP contribution is -2.61. The van der Waals surface area contributed by atoms with Gasteiger partial charge in [0.25, 0.3) is 11.8 Å². The lowest BCUT2D eigenvalue weighted by Gasteiger charge is -2.40. The first-order valence-electron chi connectivity index (χ1n) is 17.6. The Bertz CT molecular complexity index is 1600. The molecular formula is C38H55FN6O8. The van der Waals surface area contributed by atoms with Crippen LogP contribution in [-0.4, -0.2) is 108 Å². The number of hydrogen-bond acceptors (Lipinski definition) is 8. The van der Waals surface area contributed by atoms with E-state index in [1.165, 1.54) is 24.0 Å². The maximum atomic E-state index is 14.2. The highest BCUT2D eigenvalue weighted by atomic mass is 19.1. The number of benzene rings is 1. The highest BCUT2D eigenvalue weighted by Crippen LogP contribution is 2.29. The van der Waals surface area contributed by atoms with E-state index in [2.05, 4.69) is 21.3 Å². The molecule has 0 spiro atoms. The third kappa shape index (κ3) is 12.1. The molecule has 1 unspecified atom stereocenters. The molecule has 1 aliphatic rings. The molecule has 4 atom stereocenters. The van der Waals surface area contributed by atoms with E-state index in [1.54, 1.807) is 32.3 Å². The molecule has 1 aliphatic heterocycles. The van der Waals surface area contributed by atoms with Crippen LogP contribution in [0.2, 0.25) is 0 Å². The zero-order valence-electron chi connectivity index (χ0n) is 32.3. The first-order valence-corrected chi connectivity index (χ1v) is 17.6. The lowest BCUT2D eigenvalue weighted by molar-refractivity contribution is -0.142. The molecular weight excluding hydrogens is 687 g/mol. The molecule has 1 aromatic carbocycles. The number of carbonyl (C=O) groups is 7. The maximum Gasteiger partial charge on any atom is 0.326 e. The third-order valence-electron chi connectivity index (χ3n) is 9.32. The second-order valence-electron chi connectivity index (χ2n) is 15.2. The Morgan fingerprint density at radius 3 is 2.09 bits per heavy atom. The average Bonchev–Trinajstić information content (AvgIpc) is 3.38. The summed E-state index contributed by atoms with van der Waals surface area (Å²) in [7, 11) is 3.18. The molecule has 6 amide bonds. The summed E-state index contributed by atoms with van der Waals surface area (Å²) in [6.45, 7) is 14.2. The number of carboxylic acid groups (broad SMARTS) is 1. The Balaban J connectivity index is 2.15. The monoisotopic (exact) mass is 742 g/mol. The molecule has 5 N–H and O–H groups in total. The van der Waals surface area contributed by atoms with Crippen molar-refractivity contribution in [3.8, 4) is 0 Å². The van der Waals surface area contributed by atoms with Crippen LogP contribution in [0.4, 0.5) is 4.39 Å². The summed E-state index contributed by atoms with van der Waals surface area (Å²) in [6, 6.07) is 2.12. The molecule has 15 heteroatoms. The topological polar surface area (TPSA) is 194 Å². The molecule has 0 saturated heterocycles. The summed E-state index contributed by atoms with van der Waals surface area (Å²) in [5, 5.41) is 20.7. The van der Waals surface area contributed by atoms with Crippen molar-refractivity contribution >= 4 is 41.4 Å². The molecule has 0 saturated carbocycles. The van der Waals surface area contributed by atoms with Gasteiger partial charge in [0.2, 0.25) is 23.6 Å². The molecule has 0 fully saturated rings. The summed E-state index contributed by atoms with van der Waals surface area (Å²) in [6.07, 6.45) is 3.33. The first-order chi connectivity index (χ1) is 24.5. The zero-order chi connectivity index (χ0) is 40.4. The number of imide groups is 1. The van der Waals surface area contributed by atoms with Crippen LogP contribution in [0.5, 0.6) is 0 Å². The summed E-state index contributed by atoms with van der Waals surface area (Å²) in [5.74, 6) is -5.08. The van der Waals surface area contributed by atoms with E-state index in [1.807, 2.05) is 48.5 Å². The Morgan fingerprint density at radius 1 is 0.981 bits per heavy atom. The number of rotatable bonds is 18. The van der Waals surface area contributed by atoms with Gasteiger partial charge in [0, 0.05) is 49.7 Å². The number of halogens is 1. The fourth-order valence-electron chi connectivity index (χ4n) is 6.04. The smallest absolute Gasteiger partial charge is 0.326 e. The van der Waals surface area contributed by atoms with E-state index in [-0.39, 0.29) is 37.4 Å². The quantitative estimate of drug-likeness (QED) is 0.111. The van der Waals surface area contributed by atoms with Crippen LogP contribution in [0, 0.1) is 17.2 Å². The number of carboxylic acids is 1. The molecule has 0 aromatic heterocycles. The third-order valence-corrected chi connectivity index (χ3v) is 9.32. The number of nitrogens with one attached hydrogen (secondary N) is 4. The number of amides is 6. The van der Waals surface area contributed by atoms with Crippen molar-refractivity contribution < 1.29 is 43.1 Å².